The van der Waals surface area contributed by atoms with Crippen molar-refractivity contribution in [1.29, 1.82) is 0 Å². The maximum Gasteiger partial charge on any atom is 0.192 e. The summed E-state index contributed by atoms with van der Waals surface area (Å²) in [5.74, 6) is 0.569. The van der Waals surface area contributed by atoms with Gasteiger partial charge >= 0.3 is 0 Å². The molecule has 0 spiro atoms. The Labute approximate surface area is 64.0 Å². The number of carbonyl (C=O) groups is 1. The predicted molar refractivity (Wildman–Crippen MR) is 43.1 cm³/mol. The minimum atomic E-state index is 0.275. The fourth-order valence-electron chi connectivity index (χ4n) is 0.418. The molecule has 1 unspecified atom stereocenters. The lowest BCUT2D eigenvalue weighted by Gasteiger charge is -2.01. The lowest BCUT2D eigenvalue weighted by Crippen LogP contribution is -1.96. The first-order chi connectivity index (χ1) is 3.66. The van der Waals surface area contributed by atoms with E-state index in [4.69, 9.17) is 0 Å². The summed E-state index contributed by atoms with van der Waals surface area (Å²) in [4.78, 5) is 10.4. The van der Waals surface area contributed by atoms with Crippen LogP contribution >= 0.6 is 22.6 Å². The molecule has 0 N–H and O–H groups in total. The smallest absolute Gasteiger partial charge is 0.192 e. The minimum absolute atomic E-state index is 0.275. The van der Waals surface area contributed by atoms with Crippen molar-refractivity contribution < 1.29 is 4.79 Å². The summed E-state index contributed by atoms with van der Waals surface area (Å²) >= 11 is 1.84. The van der Waals surface area contributed by atoms with Crippen LogP contribution in [-0.2, 0) is 4.79 Å². The molecule has 2 heteroatoms. The van der Waals surface area contributed by atoms with Gasteiger partial charge in [-0.05, 0) is 28.5 Å². The zero-order valence-corrected chi connectivity index (χ0v) is 7.44. The van der Waals surface area contributed by atoms with E-state index in [1.165, 1.54) is 0 Å². The summed E-state index contributed by atoms with van der Waals surface area (Å²) in [5, 5.41) is 0. The number of hydrogen-bond acceptors (Lipinski definition) is 1. The van der Waals surface area contributed by atoms with E-state index >= 15 is 0 Å². The first-order valence-electron chi connectivity index (χ1n) is 2.85. The molecule has 1 nitrogen and oxygen atoms in total. The van der Waals surface area contributed by atoms with Crippen molar-refractivity contribution in [2.45, 2.75) is 26.7 Å². The summed E-state index contributed by atoms with van der Waals surface area (Å²) in [6.07, 6.45) is 1.84. The number of hydrogen-bond donors (Lipinski definition) is 0. The molecule has 0 saturated heterocycles. The van der Waals surface area contributed by atoms with Crippen molar-refractivity contribution in [2.24, 2.45) is 5.92 Å². The summed E-state index contributed by atoms with van der Waals surface area (Å²) in [5.41, 5.74) is 0. The SMILES string of the molecule is CCC(C)CC(=O)I. The first-order valence-corrected chi connectivity index (χ1v) is 3.93. The van der Waals surface area contributed by atoms with Crippen molar-refractivity contribution in [1.82, 2.24) is 0 Å². The summed E-state index contributed by atoms with van der Waals surface area (Å²) < 4.78 is 0.275. The highest BCUT2D eigenvalue weighted by Gasteiger charge is 2.01. The molecule has 0 aliphatic heterocycles. The van der Waals surface area contributed by atoms with Gasteiger partial charge < -0.3 is 0 Å². The average molecular weight is 226 g/mol. The Balaban J connectivity index is 3.24. The van der Waals surface area contributed by atoms with Crippen molar-refractivity contribution in [3.8, 4) is 0 Å². The van der Waals surface area contributed by atoms with E-state index in [0.717, 1.165) is 12.8 Å². The second kappa shape index (κ2) is 4.30. The summed E-state index contributed by atoms with van der Waals surface area (Å²) in [7, 11) is 0. The van der Waals surface area contributed by atoms with Crippen LogP contribution in [0, 0.1) is 5.92 Å². The van der Waals surface area contributed by atoms with Gasteiger partial charge in [0.1, 0.15) is 0 Å². The highest BCUT2D eigenvalue weighted by Crippen LogP contribution is 2.08. The molecule has 48 valence electrons. The minimum Gasteiger partial charge on any atom is -0.288 e. The fourth-order valence-corrected chi connectivity index (χ4v) is 1.17. The molecule has 0 saturated carbocycles. The van der Waals surface area contributed by atoms with Gasteiger partial charge in [-0.3, -0.25) is 4.79 Å². The summed E-state index contributed by atoms with van der Waals surface area (Å²) in [6, 6.07) is 0. The van der Waals surface area contributed by atoms with Crippen molar-refractivity contribution in [2.75, 3.05) is 0 Å². The maximum atomic E-state index is 10.4. The van der Waals surface area contributed by atoms with Crippen LogP contribution < -0.4 is 0 Å². The Bertz CT molecular complexity index is 80.6. The molecule has 0 aromatic heterocycles. The molecule has 0 rings (SSSR count). The molecule has 0 heterocycles. The monoisotopic (exact) mass is 226 g/mol. The van der Waals surface area contributed by atoms with E-state index in [-0.39, 0.29) is 3.79 Å². The van der Waals surface area contributed by atoms with Gasteiger partial charge in [0, 0.05) is 6.42 Å². The van der Waals surface area contributed by atoms with Gasteiger partial charge in [-0.1, -0.05) is 20.3 Å². The zero-order valence-electron chi connectivity index (χ0n) is 5.28. The van der Waals surface area contributed by atoms with Crippen molar-refractivity contribution >= 4 is 26.4 Å². The molecule has 0 aromatic rings. The largest absolute Gasteiger partial charge is 0.288 e. The molecule has 0 radical (unpaired) electrons. The predicted octanol–water partition coefficient (Wildman–Crippen LogP) is 2.38. The van der Waals surface area contributed by atoms with E-state index in [0.29, 0.717) is 5.92 Å². The van der Waals surface area contributed by atoms with E-state index in [1.54, 1.807) is 0 Å². The van der Waals surface area contributed by atoms with Crippen LogP contribution in [-0.4, -0.2) is 3.79 Å². The van der Waals surface area contributed by atoms with Gasteiger partial charge in [0.2, 0.25) is 0 Å². The molecule has 0 aliphatic rings. The standard InChI is InChI=1S/C6H11IO/c1-3-5(2)4-6(7)8/h5H,3-4H2,1-2H3. The van der Waals surface area contributed by atoms with Gasteiger partial charge in [0.25, 0.3) is 0 Å². The Morgan fingerprint density at radius 3 is 2.38 bits per heavy atom. The Morgan fingerprint density at radius 1 is 1.75 bits per heavy atom. The first kappa shape index (κ1) is 8.40. The van der Waals surface area contributed by atoms with Crippen LogP contribution in [0.1, 0.15) is 26.7 Å². The van der Waals surface area contributed by atoms with Gasteiger partial charge in [0.15, 0.2) is 3.79 Å². The highest BCUT2D eigenvalue weighted by molar-refractivity contribution is 14.1. The molecule has 0 fully saturated rings. The third-order valence-electron chi connectivity index (χ3n) is 1.21. The third-order valence-corrected chi connectivity index (χ3v) is 1.65. The Kier molecular flexibility index (Phi) is 4.51. The molecule has 0 aromatic carbocycles. The number of carbonyl (C=O) groups excluding carboxylic acids is 1. The van der Waals surface area contributed by atoms with Gasteiger partial charge in [-0.2, -0.15) is 0 Å². The van der Waals surface area contributed by atoms with E-state index < -0.39 is 0 Å². The van der Waals surface area contributed by atoms with Gasteiger partial charge in [-0.25, -0.2) is 0 Å². The number of halogens is 1. The second-order valence-electron chi connectivity index (χ2n) is 2.07. The highest BCUT2D eigenvalue weighted by atomic mass is 127. The van der Waals surface area contributed by atoms with E-state index in [9.17, 15) is 4.79 Å². The van der Waals surface area contributed by atoms with Crippen LogP contribution in [0.4, 0.5) is 0 Å². The molecular weight excluding hydrogens is 215 g/mol. The van der Waals surface area contributed by atoms with E-state index in [1.807, 2.05) is 22.6 Å². The van der Waals surface area contributed by atoms with Gasteiger partial charge in [-0.15, -0.1) is 0 Å². The van der Waals surface area contributed by atoms with Crippen LogP contribution in [0.25, 0.3) is 0 Å². The molecule has 1 atom stereocenters. The Hall–Kier alpha value is 0.400. The summed E-state index contributed by atoms with van der Waals surface area (Å²) in [6.45, 7) is 4.20. The van der Waals surface area contributed by atoms with E-state index in [2.05, 4.69) is 13.8 Å². The van der Waals surface area contributed by atoms with Crippen molar-refractivity contribution in [3.05, 3.63) is 0 Å². The van der Waals surface area contributed by atoms with Crippen molar-refractivity contribution in [3.63, 3.8) is 0 Å². The molecule has 0 amide bonds. The maximum absolute atomic E-state index is 10.4. The second-order valence-corrected chi connectivity index (χ2v) is 3.28. The fraction of sp³-hybridized carbons (Fsp3) is 0.833. The van der Waals surface area contributed by atoms with Crippen LogP contribution in [0.2, 0.25) is 0 Å². The molecule has 0 bridgehead atoms. The van der Waals surface area contributed by atoms with Gasteiger partial charge in [0.05, 0.1) is 0 Å². The normalized spacial score (nSPS) is 13.4. The quantitative estimate of drug-likeness (QED) is 0.533. The lowest BCUT2D eigenvalue weighted by atomic mass is 10.1. The topological polar surface area (TPSA) is 17.1 Å². The number of rotatable bonds is 3. The average Bonchev–Trinajstić information content (AvgIpc) is 1.65. The molecular formula is C6H11IO. The third kappa shape index (κ3) is 4.56. The molecule has 0 aliphatic carbocycles. The van der Waals surface area contributed by atoms with Crippen LogP contribution in [0.5, 0.6) is 0 Å². The Morgan fingerprint density at radius 2 is 2.25 bits per heavy atom. The zero-order chi connectivity index (χ0) is 6.57. The van der Waals surface area contributed by atoms with Crippen LogP contribution in [0.3, 0.4) is 0 Å². The molecule has 8 heavy (non-hydrogen) atoms. The van der Waals surface area contributed by atoms with Crippen LogP contribution in [0.15, 0.2) is 0 Å². The lowest BCUT2D eigenvalue weighted by molar-refractivity contribution is -0.110.